The number of aryl methyl sites for hydroxylation is 1. The molecule has 0 unspecified atom stereocenters. The molecule has 258 valence electrons. The molecule has 0 heterocycles. The summed E-state index contributed by atoms with van der Waals surface area (Å²) >= 11 is 0. The second-order valence-electron chi connectivity index (χ2n) is 11.3. The highest BCUT2D eigenvalue weighted by atomic mass is 19.1. The number of aldehydes is 1. The molecule has 2 rings (SSSR count). The van der Waals surface area contributed by atoms with E-state index < -0.39 is 12.1 Å². The number of carbonyl (C=O) groups is 3. The van der Waals surface area contributed by atoms with E-state index in [1.54, 1.807) is 25.9 Å². The summed E-state index contributed by atoms with van der Waals surface area (Å²) in [7, 11) is 7.48. The normalized spacial score (nSPS) is 13.3. The molecule has 1 fully saturated rings. The average Bonchev–Trinajstić information content (AvgIpc) is 3.03. The Balaban J connectivity index is -0.000000499. The number of likely N-dealkylation sites (N-methyl/N-ethyl adjacent to an activating group) is 3. The molecule has 2 amide bonds. The SMILES string of the molecule is CC#CC[C@@H](C=O)NC(=O)CCC.CC1CCCCC1.CN(C)CCN(C)C=O.CNC[C@@H](O)C/C=C/F.Cc1ccccc1. The number of hydrogen-bond donors (Lipinski definition) is 3. The third kappa shape index (κ3) is 38.9. The van der Waals surface area contributed by atoms with Crippen LogP contribution in [0.5, 0.6) is 0 Å². The van der Waals surface area contributed by atoms with Gasteiger partial charge in [-0.15, -0.1) is 11.8 Å². The van der Waals surface area contributed by atoms with E-state index >= 15 is 0 Å². The van der Waals surface area contributed by atoms with Crippen molar-refractivity contribution in [1.29, 1.82) is 0 Å². The van der Waals surface area contributed by atoms with Gasteiger partial charge in [0.2, 0.25) is 12.3 Å². The maximum atomic E-state index is 11.3. The lowest BCUT2D eigenvalue weighted by atomic mass is 9.91. The van der Waals surface area contributed by atoms with Crippen molar-refractivity contribution in [2.75, 3.05) is 47.8 Å². The zero-order chi connectivity index (χ0) is 34.7. The number of halogens is 1. The standard InChI is InChI=1S/C10H15NO2.C7H14.C7H8.C6H12FNO.C6H14N2O/c1-3-5-7-9(8-12)11-10(13)6-4-2;2*1-7-5-3-2-4-6-7;1-8-5-6(9)3-2-4-7;1-7(2)4-5-8(3)6-9/h8-9H,4,6-7H2,1-2H3,(H,11,13);7H,2-6H2,1H3;2-6H,1H3;2,4,6,8-9H,3,5H2,1H3;6H,4-5H2,1-3H3/b;;;4-2+;/t9-;;;6-;/m0..0./s1. The Bertz CT molecular complexity index is 897. The van der Waals surface area contributed by atoms with Crippen LogP contribution in [-0.4, -0.2) is 93.5 Å². The van der Waals surface area contributed by atoms with Crippen LogP contribution in [0.4, 0.5) is 4.39 Å². The molecule has 1 aromatic rings. The molecule has 1 saturated carbocycles. The minimum absolute atomic E-state index is 0.0856. The summed E-state index contributed by atoms with van der Waals surface area (Å²) in [6, 6.07) is 9.81. The van der Waals surface area contributed by atoms with Gasteiger partial charge in [-0.05, 0) is 53.8 Å². The van der Waals surface area contributed by atoms with E-state index in [2.05, 4.69) is 48.5 Å². The van der Waals surface area contributed by atoms with Crippen LogP contribution >= 0.6 is 0 Å². The molecule has 9 heteroatoms. The lowest BCUT2D eigenvalue weighted by molar-refractivity contribution is -0.124. The van der Waals surface area contributed by atoms with Crippen molar-refractivity contribution in [3.63, 3.8) is 0 Å². The van der Waals surface area contributed by atoms with Gasteiger partial charge in [0.15, 0.2) is 0 Å². The molecule has 1 aliphatic rings. The molecule has 0 radical (unpaired) electrons. The first-order valence-electron chi connectivity index (χ1n) is 16.0. The van der Waals surface area contributed by atoms with Gasteiger partial charge < -0.3 is 30.3 Å². The van der Waals surface area contributed by atoms with Crippen molar-refractivity contribution in [3.8, 4) is 11.8 Å². The Morgan fingerprint density at radius 3 is 2.11 bits per heavy atom. The molecule has 0 spiro atoms. The number of amides is 2. The molecule has 3 N–H and O–H groups in total. The van der Waals surface area contributed by atoms with Crippen molar-refractivity contribution in [2.45, 2.75) is 97.6 Å². The van der Waals surface area contributed by atoms with Gasteiger partial charge in [-0.3, -0.25) is 9.59 Å². The number of nitrogens with zero attached hydrogens (tertiary/aromatic N) is 2. The summed E-state index contributed by atoms with van der Waals surface area (Å²) in [4.78, 5) is 35.2. The van der Waals surface area contributed by atoms with Crippen molar-refractivity contribution in [2.24, 2.45) is 5.92 Å². The van der Waals surface area contributed by atoms with Gasteiger partial charge in [-0.2, -0.15) is 0 Å². The number of nitrogens with one attached hydrogen (secondary N) is 2. The van der Waals surface area contributed by atoms with Crippen LogP contribution in [0.25, 0.3) is 0 Å². The first-order valence-corrected chi connectivity index (χ1v) is 16.0. The van der Waals surface area contributed by atoms with Crippen LogP contribution in [0.15, 0.2) is 42.7 Å². The van der Waals surface area contributed by atoms with Crippen molar-refractivity contribution >= 4 is 18.6 Å². The van der Waals surface area contributed by atoms with E-state index in [0.717, 1.165) is 38.1 Å². The molecule has 0 saturated heterocycles. The number of benzene rings is 1. The van der Waals surface area contributed by atoms with E-state index in [1.807, 2.05) is 44.1 Å². The van der Waals surface area contributed by atoms with Crippen molar-refractivity contribution in [1.82, 2.24) is 20.4 Å². The topological polar surface area (TPSA) is 102 Å². The van der Waals surface area contributed by atoms with Crippen LogP contribution in [-0.2, 0) is 14.4 Å². The van der Waals surface area contributed by atoms with Gasteiger partial charge in [-0.1, -0.05) is 87.9 Å². The fourth-order valence-corrected chi connectivity index (χ4v) is 3.63. The number of rotatable bonds is 13. The number of carbonyl (C=O) groups excluding carboxylic acids is 3. The minimum Gasteiger partial charge on any atom is -0.391 e. The molecule has 45 heavy (non-hydrogen) atoms. The smallest absolute Gasteiger partial charge is 0.220 e. The van der Waals surface area contributed by atoms with E-state index in [1.165, 1.54) is 43.7 Å². The van der Waals surface area contributed by atoms with E-state index in [0.29, 0.717) is 32.1 Å². The fraction of sp³-hybridized carbons (Fsp3) is 0.639. The van der Waals surface area contributed by atoms with Gasteiger partial charge in [0.05, 0.1) is 18.5 Å². The Kier molecular flexibility index (Phi) is 36.5. The Morgan fingerprint density at radius 1 is 1.11 bits per heavy atom. The summed E-state index contributed by atoms with van der Waals surface area (Å²) in [6.45, 7) is 10.3. The molecule has 0 bridgehead atoms. The largest absolute Gasteiger partial charge is 0.391 e. The predicted octanol–water partition coefficient (Wildman–Crippen LogP) is 5.54. The molecular formula is C36H63FN4O4. The number of hydrogen-bond acceptors (Lipinski definition) is 6. The molecular weight excluding hydrogens is 571 g/mol. The van der Waals surface area contributed by atoms with Crippen LogP contribution in [0.1, 0.15) is 84.1 Å². The first kappa shape index (κ1) is 46.4. The van der Waals surface area contributed by atoms with Crippen LogP contribution in [0.3, 0.4) is 0 Å². The Morgan fingerprint density at radius 2 is 1.73 bits per heavy atom. The van der Waals surface area contributed by atoms with Crippen molar-refractivity contribution < 1.29 is 23.9 Å². The number of aliphatic hydroxyl groups excluding tert-OH is 1. The highest BCUT2D eigenvalue weighted by Gasteiger charge is 2.08. The molecule has 0 aliphatic heterocycles. The van der Waals surface area contributed by atoms with Gasteiger partial charge in [0.1, 0.15) is 6.29 Å². The molecule has 1 aromatic carbocycles. The van der Waals surface area contributed by atoms with Gasteiger partial charge in [-0.25, -0.2) is 4.39 Å². The fourth-order valence-electron chi connectivity index (χ4n) is 3.63. The summed E-state index contributed by atoms with van der Waals surface area (Å²) in [5.74, 6) is 6.38. The third-order valence-electron chi connectivity index (χ3n) is 6.34. The quantitative estimate of drug-likeness (QED) is 0.195. The summed E-state index contributed by atoms with van der Waals surface area (Å²) in [5, 5.41) is 14.3. The second kappa shape index (κ2) is 35.4. The maximum Gasteiger partial charge on any atom is 0.220 e. The average molecular weight is 635 g/mol. The second-order valence-corrected chi connectivity index (χ2v) is 11.3. The first-order chi connectivity index (χ1) is 21.5. The summed E-state index contributed by atoms with van der Waals surface area (Å²) < 4.78 is 11.3. The van der Waals surface area contributed by atoms with E-state index in [-0.39, 0.29) is 5.91 Å². The van der Waals surface area contributed by atoms with Crippen LogP contribution in [0, 0.1) is 24.7 Å². The highest BCUT2D eigenvalue weighted by Crippen LogP contribution is 2.22. The van der Waals surface area contributed by atoms with Gasteiger partial charge >= 0.3 is 0 Å². The molecule has 0 aromatic heterocycles. The lowest BCUT2D eigenvalue weighted by Crippen LogP contribution is -2.35. The minimum atomic E-state index is -0.470. The van der Waals surface area contributed by atoms with Gasteiger partial charge in [0, 0.05) is 39.5 Å². The van der Waals surface area contributed by atoms with Gasteiger partial charge in [0.25, 0.3) is 0 Å². The summed E-state index contributed by atoms with van der Waals surface area (Å²) in [5.41, 5.74) is 1.32. The zero-order valence-electron chi connectivity index (χ0n) is 29.4. The molecule has 1 aliphatic carbocycles. The van der Waals surface area contributed by atoms with Crippen molar-refractivity contribution in [3.05, 3.63) is 48.3 Å². The van der Waals surface area contributed by atoms with Crippen LogP contribution < -0.4 is 10.6 Å². The maximum absolute atomic E-state index is 11.3. The molecule has 2 atom stereocenters. The number of aliphatic hydroxyl groups is 1. The lowest BCUT2D eigenvalue weighted by Gasteiger charge is -2.15. The highest BCUT2D eigenvalue weighted by molar-refractivity contribution is 5.79. The van der Waals surface area contributed by atoms with E-state index in [4.69, 9.17) is 5.11 Å². The Hall–Kier alpha value is -3.06. The molecule has 8 nitrogen and oxygen atoms in total. The predicted molar refractivity (Wildman–Crippen MR) is 186 cm³/mol. The third-order valence-corrected chi connectivity index (χ3v) is 6.34. The van der Waals surface area contributed by atoms with E-state index in [9.17, 15) is 18.8 Å². The zero-order valence-corrected chi connectivity index (χ0v) is 29.4. The van der Waals surface area contributed by atoms with Crippen LogP contribution in [0.2, 0.25) is 0 Å². The summed E-state index contributed by atoms with van der Waals surface area (Å²) in [6.07, 6.45) is 12.3. The monoisotopic (exact) mass is 634 g/mol. The Labute approximate surface area is 274 Å².